The molecular weight excluding hydrogens is 342 g/mol. The first-order valence-electron chi connectivity index (χ1n) is 9.59. The number of amides is 1. The van der Waals surface area contributed by atoms with Crippen LogP contribution in [0, 0.1) is 6.92 Å². The van der Waals surface area contributed by atoms with E-state index < -0.39 is 20.0 Å². The molecule has 0 radical (unpaired) electrons. The molecule has 0 aromatic heterocycles. The van der Waals surface area contributed by atoms with Crippen LogP contribution in [0.5, 0.6) is 5.75 Å². The number of aryl methyl sites for hydroxylation is 1. The van der Waals surface area contributed by atoms with Gasteiger partial charge in [0.2, 0.25) is 0 Å². The molecule has 1 amide bonds. The molecule has 0 spiro atoms. The Balaban J connectivity index is 3.15. The predicted molar refractivity (Wildman–Crippen MR) is 113 cm³/mol. The lowest BCUT2D eigenvalue weighted by Crippen LogP contribution is -2.50. The number of ether oxygens (including phenoxy) is 1. The van der Waals surface area contributed by atoms with E-state index in [0.29, 0.717) is 22.3 Å². The van der Waals surface area contributed by atoms with Crippen LogP contribution in [0.4, 0.5) is 10.5 Å². The smallest absolute Gasteiger partial charge is 0.412 e. The van der Waals surface area contributed by atoms with Crippen LogP contribution in [0.1, 0.15) is 67.9 Å². The third-order valence-electron chi connectivity index (χ3n) is 4.83. The zero-order valence-electron chi connectivity index (χ0n) is 18.2. The van der Waals surface area contributed by atoms with E-state index in [1.54, 1.807) is 0 Å². The normalized spacial score (nSPS) is 12.7. The second-order valence-corrected chi connectivity index (χ2v) is 14.4. The van der Waals surface area contributed by atoms with Gasteiger partial charge in [-0.3, -0.25) is 5.32 Å². The lowest BCUT2D eigenvalue weighted by molar-refractivity contribution is 0.0636. The summed E-state index contributed by atoms with van der Waals surface area (Å²) in [5.74, 6) is 0.862. The monoisotopic (exact) mass is 379 g/mol. The van der Waals surface area contributed by atoms with Crippen molar-refractivity contribution in [2.24, 2.45) is 0 Å². The zero-order valence-corrected chi connectivity index (χ0v) is 19.2. The SMILES string of the molecule is Cc1ccc(NC(=O)OC(C)(C)C)cc1O[Si](C(C)C)(C(C)C)C(C)C. The van der Waals surface area contributed by atoms with Gasteiger partial charge < -0.3 is 9.16 Å². The first kappa shape index (κ1) is 22.5. The highest BCUT2D eigenvalue weighted by molar-refractivity contribution is 6.78. The Bertz CT molecular complexity index is 596. The van der Waals surface area contributed by atoms with Gasteiger partial charge in [-0.15, -0.1) is 0 Å². The van der Waals surface area contributed by atoms with E-state index in [9.17, 15) is 4.79 Å². The van der Waals surface area contributed by atoms with Crippen molar-refractivity contribution in [3.63, 3.8) is 0 Å². The summed E-state index contributed by atoms with van der Waals surface area (Å²) in [5.41, 5.74) is 2.72. The summed E-state index contributed by atoms with van der Waals surface area (Å²) in [5, 5.41) is 2.81. The summed E-state index contributed by atoms with van der Waals surface area (Å²) in [6.45, 7) is 21.2. The van der Waals surface area contributed by atoms with E-state index in [-0.39, 0.29) is 0 Å². The molecule has 0 aliphatic rings. The molecule has 26 heavy (non-hydrogen) atoms. The zero-order chi connectivity index (χ0) is 20.3. The first-order chi connectivity index (χ1) is 11.8. The summed E-state index contributed by atoms with van der Waals surface area (Å²) in [4.78, 5) is 12.1. The van der Waals surface area contributed by atoms with E-state index in [4.69, 9.17) is 9.16 Å². The number of rotatable bonds is 6. The van der Waals surface area contributed by atoms with Gasteiger partial charge in [0.05, 0.1) is 0 Å². The van der Waals surface area contributed by atoms with E-state index in [0.717, 1.165) is 11.3 Å². The number of hydrogen-bond acceptors (Lipinski definition) is 3. The molecule has 0 atom stereocenters. The van der Waals surface area contributed by atoms with Crippen LogP contribution in [0.3, 0.4) is 0 Å². The highest BCUT2D eigenvalue weighted by Gasteiger charge is 2.47. The van der Waals surface area contributed by atoms with Crippen molar-refractivity contribution in [1.29, 1.82) is 0 Å². The molecule has 0 unspecified atom stereocenters. The lowest BCUT2D eigenvalue weighted by atomic mass is 10.2. The van der Waals surface area contributed by atoms with Gasteiger partial charge in [0.15, 0.2) is 0 Å². The van der Waals surface area contributed by atoms with Crippen LogP contribution in [-0.2, 0) is 4.74 Å². The summed E-state index contributed by atoms with van der Waals surface area (Å²) < 4.78 is 12.1. The molecular formula is C21H37NO3Si. The number of hydrogen-bond donors (Lipinski definition) is 1. The number of nitrogens with one attached hydrogen (secondary N) is 1. The second-order valence-electron chi connectivity index (χ2n) is 9.03. The molecule has 1 rings (SSSR count). The van der Waals surface area contributed by atoms with E-state index >= 15 is 0 Å². The third kappa shape index (κ3) is 5.50. The van der Waals surface area contributed by atoms with Crippen LogP contribution in [-0.4, -0.2) is 20.0 Å². The molecule has 0 heterocycles. The van der Waals surface area contributed by atoms with E-state index in [1.807, 2.05) is 45.9 Å². The maximum absolute atomic E-state index is 12.1. The Morgan fingerprint density at radius 1 is 1.00 bits per heavy atom. The standard InChI is InChI=1S/C21H37NO3Si/c1-14(2)26(15(3)4,16(5)6)25-19-13-18(12-11-17(19)7)22-20(23)24-21(8,9)10/h11-16H,1-10H3,(H,22,23). The minimum absolute atomic E-state index is 0.451. The molecule has 0 saturated heterocycles. The Morgan fingerprint density at radius 2 is 1.50 bits per heavy atom. The fourth-order valence-corrected chi connectivity index (χ4v) is 9.06. The van der Waals surface area contributed by atoms with Crippen molar-refractivity contribution in [1.82, 2.24) is 0 Å². The Kier molecular flexibility index (Phi) is 7.34. The van der Waals surface area contributed by atoms with Crippen molar-refractivity contribution < 1.29 is 14.0 Å². The number of benzene rings is 1. The highest BCUT2D eigenvalue weighted by Crippen LogP contribution is 2.43. The van der Waals surface area contributed by atoms with Crippen molar-refractivity contribution in [2.75, 3.05) is 5.32 Å². The molecule has 5 heteroatoms. The van der Waals surface area contributed by atoms with Crippen molar-refractivity contribution >= 4 is 20.1 Å². The van der Waals surface area contributed by atoms with Crippen molar-refractivity contribution in [2.45, 2.75) is 91.5 Å². The maximum Gasteiger partial charge on any atom is 0.412 e. The average molecular weight is 380 g/mol. The van der Waals surface area contributed by atoms with Crippen LogP contribution < -0.4 is 9.74 Å². The second kappa shape index (κ2) is 8.46. The van der Waals surface area contributed by atoms with E-state index in [1.165, 1.54) is 0 Å². The molecule has 1 aromatic rings. The summed E-state index contributed by atoms with van der Waals surface area (Å²) in [7, 11) is -2.04. The van der Waals surface area contributed by atoms with Gasteiger partial charge in [0, 0.05) is 11.8 Å². The molecule has 4 nitrogen and oxygen atoms in total. The van der Waals surface area contributed by atoms with Crippen LogP contribution in [0.15, 0.2) is 18.2 Å². The molecule has 0 aliphatic heterocycles. The number of anilines is 1. The lowest BCUT2D eigenvalue weighted by Gasteiger charge is -2.42. The van der Waals surface area contributed by atoms with Gasteiger partial charge in [0.1, 0.15) is 11.4 Å². The van der Waals surface area contributed by atoms with Crippen LogP contribution in [0.2, 0.25) is 16.6 Å². The maximum atomic E-state index is 12.1. The fraction of sp³-hybridized carbons (Fsp3) is 0.667. The Morgan fingerprint density at radius 3 is 1.92 bits per heavy atom. The summed E-state index contributed by atoms with van der Waals surface area (Å²) in [6.07, 6.45) is -0.451. The summed E-state index contributed by atoms with van der Waals surface area (Å²) in [6, 6.07) is 5.80. The molecule has 0 saturated carbocycles. The highest BCUT2D eigenvalue weighted by atomic mass is 28.4. The molecule has 148 valence electrons. The molecule has 1 aromatic carbocycles. The molecule has 0 fully saturated rings. The summed E-state index contributed by atoms with van der Waals surface area (Å²) >= 11 is 0. The third-order valence-corrected chi connectivity index (χ3v) is 10.8. The topological polar surface area (TPSA) is 47.6 Å². The predicted octanol–water partition coefficient (Wildman–Crippen LogP) is 6.90. The van der Waals surface area contributed by atoms with Crippen LogP contribution >= 0.6 is 0 Å². The molecule has 1 N–H and O–H groups in total. The number of carbonyl (C=O) groups is 1. The van der Waals surface area contributed by atoms with Crippen LogP contribution in [0.25, 0.3) is 0 Å². The van der Waals surface area contributed by atoms with Gasteiger partial charge in [-0.1, -0.05) is 47.6 Å². The minimum Gasteiger partial charge on any atom is -0.542 e. The first-order valence-corrected chi connectivity index (χ1v) is 11.7. The van der Waals surface area contributed by atoms with Crippen molar-refractivity contribution in [3.05, 3.63) is 23.8 Å². The minimum atomic E-state index is -2.04. The quantitative estimate of drug-likeness (QED) is 0.547. The molecule has 0 aliphatic carbocycles. The molecule has 0 bridgehead atoms. The Labute approximate surface area is 160 Å². The van der Waals surface area contributed by atoms with Gasteiger partial charge in [-0.2, -0.15) is 0 Å². The van der Waals surface area contributed by atoms with Crippen molar-refractivity contribution in [3.8, 4) is 5.75 Å². The fourth-order valence-electron chi connectivity index (χ4n) is 3.75. The van der Waals surface area contributed by atoms with Gasteiger partial charge in [-0.05, 0) is 55.9 Å². The number of carbonyl (C=O) groups excluding carboxylic acids is 1. The van der Waals surface area contributed by atoms with Gasteiger partial charge in [0.25, 0.3) is 8.32 Å². The Hall–Kier alpha value is -1.49. The van der Waals surface area contributed by atoms with Gasteiger partial charge >= 0.3 is 6.09 Å². The van der Waals surface area contributed by atoms with E-state index in [2.05, 4.69) is 46.9 Å². The largest absolute Gasteiger partial charge is 0.542 e. The van der Waals surface area contributed by atoms with Gasteiger partial charge in [-0.25, -0.2) is 4.79 Å². The average Bonchev–Trinajstić information content (AvgIpc) is 2.44.